The predicted molar refractivity (Wildman–Crippen MR) is 42.0 cm³/mol. The fraction of sp³-hybridized carbons (Fsp3) is 0.500. The molecule has 0 bridgehead atoms. The van der Waals surface area contributed by atoms with E-state index in [0.717, 1.165) is 6.42 Å². The van der Waals surface area contributed by atoms with Crippen LogP contribution < -0.4 is 5.73 Å². The standard InChI is InChI=1S/C8H15N/c1-2-3-4-5-6-7-8-9/h2-3,7-8H,4-6,9H2,1H3. The zero-order valence-electron chi connectivity index (χ0n) is 6.01. The average molecular weight is 125 g/mol. The first-order valence-electron chi connectivity index (χ1n) is 3.39. The SMILES string of the molecule is CC=CCCCC=CN. The Labute approximate surface area is 57.3 Å². The van der Waals surface area contributed by atoms with Gasteiger partial charge in [-0.25, -0.2) is 0 Å². The summed E-state index contributed by atoms with van der Waals surface area (Å²) in [5.74, 6) is 0. The van der Waals surface area contributed by atoms with Gasteiger partial charge in [0.2, 0.25) is 0 Å². The highest BCUT2D eigenvalue weighted by molar-refractivity contribution is 4.80. The van der Waals surface area contributed by atoms with Crippen LogP contribution in [0.2, 0.25) is 0 Å². The van der Waals surface area contributed by atoms with Gasteiger partial charge in [-0.15, -0.1) is 0 Å². The van der Waals surface area contributed by atoms with Crippen molar-refractivity contribution in [3.8, 4) is 0 Å². The van der Waals surface area contributed by atoms with Crippen molar-refractivity contribution in [3.63, 3.8) is 0 Å². The van der Waals surface area contributed by atoms with E-state index in [1.807, 2.05) is 13.0 Å². The summed E-state index contributed by atoms with van der Waals surface area (Å²) < 4.78 is 0. The van der Waals surface area contributed by atoms with Gasteiger partial charge in [-0.1, -0.05) is 18.2 Å². The molecule has 0 aliphatic carbocycles. The van der Waals surface area contributed by atoms with Crippen molar-refractivity contribution in [1.82, 2.24) is 0 Å². The summed E-state index contributed by atoms with van der Waals surface area (Å²) in [5.41, 5.74) is 5.14. The molecular weight excluding hydrogens is 110 g/mol. The number of rotatable bonds is 4. The molecular formula is C8H15N. The van der Waals surface area contributed by atoms with E-state index >= 15 is 0 Å². The molecule has 0 rings (SSSR count). The maximum Gasteiger partial charge on any atom is -0.0103 e. The van der Waals surface area contributed by atoms with Gasteiger partial charge in [-0.2, -0.15) is 0 Å². The summed E-state index contributed by atoms with van der Waals surface area (Å²) in [5, 5.41) is 0. The van der Waals surface area contributed by atoms with Crippen LogP contribution in [-0.2, 0) is 0 Å². The van der Waals surface area contributed by atoms with E-state index in [2.05, 4.69) is 12.2 Å². The van der Waals surface area contributed by atoms with Crippen molar-refractivity contribution in [2.24, 2.45) is 5.73 Å². The molecule has 0 unspecified atom stereocenters. The van der Waals surface area contributed by atoms with E-state index in [4.69, 9.17) is 5.73 Å². The van der Waals surface area contributed by atoms with Gasteiger partial charge in [-0.3, -0.25) is 0 Å². The fourth-order valence-electron chi connectivity index (χ4n) is 0.616. The molecule has 0 saturated heterocycles. The summed E-state index contributed by atoms with van der Waals surface area (Å²) in [6, 6.07) is 0. The Balaban J connectivity index is 2.91. The highest BCUT2D eigenvalue weighted by Crippen LogP contribution is 1.96. The van der Waals surface area contributed by atoms with Gasteiger partial charge in [0.05, 0.1) is 0 Å². The van der Waals surface area contributed by atoms with Gasteiger partial charge in [0, 0.05) is 0 Å². The lowest BCUT2D eigenvalue weighted by molar-refractivity contribution is 0.866. The summed E-state index contributed by atoms with van der Waals surface area (Å²) in [7, 11) is 0. The number of hydrogen-bond acceptors (Lipinski definition) is 1. The highest BCUT2D eigenvalue weighted by Gasteiger charge is 1.76. The molecule has 0 atom stereocenters. The Bertz CT molecular complexity index is 80.7. The van der Waals surface area contributed by atoms with E-state index in [0.29, 0.717) is 0 Å². The summed E-state index contributed by atoms with van der Waals surface area (Å²) in [6.07, 6.45) is 11.3. The zero-order valence-corrected chi connectivity index (χ0v) is 6.01. The largest absolute Gasteiger partial charge is 0.405 e. The third kappa shape index (κ3) is 7.28. The Morgan fingerprint density at radius 3 is 2.44 bits per heavy atom. The second-order valence-electron chi connectivity index (χ2n) is 1.93. The second kappa shape index (κ2) is 7.28. The van der Waals surface area contributed by atoms with Gasteiger partial charge in [0.15, 0.2) is 0 Å². The number of nitrogens with two attached hydrogens (primary N) is 1. The molecule has 0 aromatic rings. The lowest BCUT2D eigenvalue weighted by atomic mass is 10.2. The molecule has 1 heteroatoms. The Morgan fingerprint density at radius 2 is 1.89 bits per heavy atom. The normalized spacial score (nSPS) is 11.7. The van der Waals surface area contributed by atoms with Gasteiger partial charge >= 0.3 is 0 Å². The number of allylic oxidation sites excluding steroid dienone is 3. The van der Waals surface area contributed by atoms with Crippen LogP contribution in [0, 0.1) is 0 Å². The molecule has 0 aliphatic rings. The minimum Gasteiger partial charge on any atom is -0.405 e. The van der Waals surface area contributed by atoms with Crippen LogP contribution in [0.25, 0.3) is 0 Å². The molecule has 2 N–H and O–H groups in total. The monoisotopic (exact) mass is 125 g/mol. The molecule has 0 fully saturated rings. The zero-order chi connectivity index (χ0) is 6.95. The van der Waals surface area contributed by atoms with Crippen LogP contribution in [0.1, 0.15) is 26.2 Å². The van der Waals surface area contributed by atoms with E-state index in [1.165, 1.54) is 12.8 Å². The van der Waals surface area contributed by atoms with E-state index in [9.17, 15) is 0 Å². The molecule has 0 aliphatic heterocycles. The van der Waals surface area contributed by atoms with Crippen LogP contribution in [-0.4, -0.2) is 0 Å². The van der Waals surface area contributed by atoms with E-state index in [-0.39, 0.29) is 0 Å². The lowest BCUT2D eigenvalue weighted by Gasteiger charge is -1.86. The fourth-order valence-corrected chi connectivity index (χ4v) is 0.616. The molecule has 0 aromatic heterocycles. The maximum atomic E-state index is 5.14. The lowest BCUT2D eigenvalue weighted by Crippen LogP contribution is -1.75. The van der Waals surface area contributed by atoms with Gasteiger partial charge < -0.3 is 5.73 Å². The quantitative estimate of drug-likeness (QED) is 0.452. The molecule has 0 spiro atoms. The minimum absolute atomic E-state index is 1.10. The van der Waals surface area contributed by atoms with Crippen LogP contribution in [0.5, 0.6) is 0 Å². The molecule has 52 valence electrons. The summed E-state index contributed by atoms with van der Waals surface area (Å²) in [4.78, 5) is 0. The van der Waals surface area contributed by atoms with Crippen molar-refractivity contribution >= 4 is 0 Å². The van der Waals surface area contributed by atoms with E-state index < -0.39 is 0 Å². The molecule has 0 saturated carbocycles. The third-order valence-corrected chi connectivity index (χ3v) is 1.11. The molecule has 0 radical (unpaired) electrons. The summed E-state index contributed by atoms with van der Waals surface area (Å²) >= 11 is 0. The van der Waals surface area contributed by atoms with Gasteiger partial charge in [0.1, 0.15) is 0 Å². The molecule has 0 aromatic carbocycles. The van der Waals surface area contributed by atoms with E-state index in [1.54, 1.807) is 6.20 Å². The Kier molecular flexibility index (Phi) is 6.70. The van der Waals surface area contributed by atoms with Crippen LogP contribution in [0.4, 0.5) is 0 Å². The van der Waals surface area contributed by atoms with Crippen molar-refractivity contribution in [1.29, 1.82) is 0 Å². The average Bonchev–Trinajstić information content (AvgIpc) is 1.89. The molecule has 0 amide bonds. The van der Waals surface area contributed by atoms with Crippen LogP contribution in [0.3, 0.4) is 0 Å². The molecule has 0 heterocycles. The smallest absolute Gasteiger partial charge is 0.0103 e. The Hall–Kier alpha value is -0.720. The number of unbranched alkanes of at least 4 members (excludes halogenated alkanes) is 2. The van der Waals surface area contributed by atoms with Crippen molar-refractivity contribution in [3.05, 3.63) is 24.4 Å². The maximum absolute atomic E-state index is 5.14. The first-order valence-corrected chi connectivity index (χ1v) is 3.39. The molecule has 1 nitrogen and oxygen atoms in total. The van der Waals surface area contributed by atoms with Crippen molar-refractivity contribution in [2.75, 3.05) is 0 Å². The first kappa shape index (κ1) is 8.28. The van der Waals surface area contributed by atoms with Crippen LogP contribution in [0.15, 0.2) is 24.4 Å². The van der Waals surface area contributed by atoms with Crippen molar-refractivity contribution in [2.45, 2.75) is 26.2 Å². The second-order valence-corrected chi connectivity index (χ2v) is 1.93. The summed E-state index contributed by atoms with van der Waals surface area (Å²) in [6.45, 7) is 2.04. The minimum atomic E-state index is 1.10. The van der Waals surface area contributed by atoms with Crippen molar-refractivity contribution < 1.29 is 0 Å². The topological polar surface area (TPSA) is 26.0 Å². The number of hydrogen-bond donors (Lipinski definition) is 1. The highest BCUT2D eigenvalue weighted by atomic mass is 14.5. The third-order valence-electron chi connectivity index (χ3n) is 1.11. The predicted octanol–water partition coefficient (Wildman–Crippen LogP) is 2.21. The van der Waals surface area contributed by atoms with Crippen LogP contribution >= 0.6 is 0 Å². The van der Waals surface area contributed by atoms with Gasteiger partial charge in [0.25, 0.3) is 0 Å². The molecule has 9 heavy (non-hydrogen) atoms. The Morgan fingerprint density at radius 1 is 1.22 bits per heavy atom. The first-order chi connectivity index (χ1) is 4.41. The van der Waals surface area contributed by atoms with Gasteiger partial charge in [-0.05, 0) is 32.4 Å².